The molecule has 4 saturated heterocycles. The fraction of sp³-hybridized carbons (Fsp3) is 0.783. The highest BCUT2D eigenvalue weighted by atomic mass is 32.2. The van der Waals surface area contributed by atoms with Crippen LogP contribution in [0.5, 0.6) is 0 Å². The molecule has 0 aromatic heterocycles. The number of carbonyl (C=O) groups excluding carboxylic acids is 2. The van der Waals surface area contributed by atoms with Gasteiger partial charge in [-0.15, -0.1) is 0 Å². The number of rotatable bonds is 13. The van der Waals surface area contributed by atoms with Crippen LogP contribution in [-0.2, 0) is 72.3 Å². The quantitative estimate of drug-likeness (QED) is 0.127. The van der Waals surface area contributed by atoms with E-state index < -0.39 is 99.9 Å². The molecule has 5 aliphatic rings. The van der Waals surface area contributed by atoms with E-state index >= 15 is 0 Å². The van der Waals surface area contributed by atoms with Gasteiger partial charge in [-0.1, -0.05) is 51.1 Å². The second kappa shape index (κ2) is 18.7. The maximum Gasteiger partial charge on any atom is 0.311 e. The minimum absolute atomic E-state index is 0.0560. The summed E-state index contributed by atoms with van der Waals surface area (Å²) in [7, 11) is 1.29. The predicted molar refractivity (Wildman–Crippen MR) is 228 cm³/mol. The van der Waals surface area contributed by atoms with Crippen molar-refractivity contribution in [3.05, 3.63) is 47.2 Å². The highest BCUT2D eigenvalue weighted by Gasteiger charge is 2.63. The van der Waals surface area contributed by atoms with Crippen LogP contribution in [0.4, 0.5) is 0 Å². The number of esters is 2. The number of epoxide rings is 1. The highest BCUT2D eigenvalue weighted by Crippen LogP contribution is 2.52. The molecule has 0 spiro atoms. The first-order valence-corrected chi connectivity index (χ1v) is 23.8. The first kappa shape index (κ1) is 48.8. The van der Waals surface area contributed by atoms with Gasteiger partial charge in [-0.05, 0) is 86.5 Å². The molecular formula is C46H71NO14S. The van der Waals surface area contributed by atoms with Gasteiger partial charge in [0.1, 0.15) is 41.0 Å². The Balaban J connectivity index is 1.37. The normalized spacial score (nSPS) is 42.8. The molecule has 5 aliphatic heterocycles. The van der Waals surface area contributed by atoms with Gasteiger partial charge in [0.05, 0.1) is 47.9 Å². The molecule has 0 radical (unpaired) electrons. The molecule has 16 heteroatoms. The molecule has 2 unspecified atom stereocenters. The minimum atomic E-state index is -4.08. The van der Waals surface area contributed by atoms with E-state index in [1.165, 1.54) is 14.0 Å². The van der Waals surface area contributed by atoms with Crippen molar-refractivity contribution in [3.8, 4) is 0 Å². The zero-order chi connectivity index (χ0) is 45.7. The van der Waals surface area contributed by atoms with E-state index in [0.717, 1.165) is 12.0 Å². The van der Waals surface area contributed by atoms with Crippen molar-refractivity contribution < 1.29 is 64.8 Å². The number of hydrogen-bond donors (Lipinski definition) is 0. The van der Waals surface area contributed by atoms with Gasteiger partial charge < -0.3 is 47.5 Å². The van der Waals surface area contributed by atoms with Crippen LogP contribution < -0.4 is 0 Å². The molecule has 2 bridgehead atoms. The number of methoxy groups -OCH3 is 1. The van der Waals surface area contributed by atoms with Crippen LogP contribution in [0.25, 0.3) is 0 Å². The molecular weight excluding hydrogens is 823 g/mol. The van der Waals surface area contributed by atoms with E-state index in [1.54, 1.807) is 45.0 Å². The second-order valence-corrected chi connectivity index (χ2v) is 20.8. The smallest absolute Gasteiger partial charge is 0.311 e. The molecule has 0 saturated carbocycles. The van der Waals surface area contributed by atoms with Gasteiger partial charge in [0.15, 0.2) is 18.7 Å². The predicted octanol–water partition coefficient (Wildman–Crippen LogP) is 6.06. The van der Waals surface area contributed by atoms with Crippen LogP contribution in [0.3, 0.4) is 0 Å². The molecule has 4 fully saturated rings. The number of carbonyl (C=O) groups is 2. The zero-order valence-electron chi connectivity index (χ0n) is 39.1. The summed E-state index contributed by atoms with van der Waals surface area (Å²) < 4.78 is 91.8. The summed E-state index contributed by atoms with van der Waals surface area (Å²) in [4.78, 5) is 29.3. The molecule has 62 heavy (non-hydrogen) atoms. The molecule has 5 heterocycles. The van der Waals surface area contributed by atoms with Gasteiger partial charge in [-0.2, -0.15) is 8.42 Å². The second-order valence-electron chi connectivity index (χ2n) is 19.2. The summed E-state index contributed by atoms with van der Waals surface area (Å²) in [6, 6.07) is 8.59. The SMILES string of the molecule is CC[C@@H]1O[C@@]1(C)[C@@H]1OC(=O)[C@H](C)[C@@H](OC2C[C@@](C)(OC)[C@@H](OS(=O)(=O)Cc3ccccc3)[C@H](C)O2)[C@H](C)[C@@H](OC2O[C@H](C)C[C@H](N(C)C)[C@H]2OC(C)=O)[C@@]2(C)CC(C)=C(O2)[C@@H]1C. The standard InChI is InChI=1S/C46H71NO14S/c1-15-34-46(11,59-34)40-27(4)36-25(2)22-45(10,60-36)39(58-43-38(55-31(8)48)33(47(12)13)21-26(3)53-43)28(5)37(29(6)42(49)57-40)56-35-23-44(9,52-14)41(30(7)54-35)61-62(50,51)24-32-19-17-16-18-20-32/h16-20,26-30,33-35,37-41,43H,15,21-24H2,1-14H3/t26-,27+,28+,29-,30+,33+,34+,35?,37+,38-,39-,40-,41+,43?,44-,45-,46-/m1/s1. The number of hydrogen-bond acceptors (Lipinski definition) is 15. The van der Waals surface area contributed by atoms with Crippen LogP contribution in [-0.4, -0.2) is 131 Å². The first-order chi connectivity index (χ1) is 29.0. The van der Waals surface area contributed by atoms with Gasteiger partial charge >= 0.3 is 11.9 Å². The summed E-state index contributed by atoms with van der Waals surface area (Å²) >= 11 is 0. The van der Waals surface area contributed by atoms with Gasteiger partial charge in [0.25, 0.3) is 10.1 Å². The lowest BCUT2D eigenvalue weighted by Gasteiger charge is -2.49. The van der Waals surface area contributed by atoms with E-state index in [1.807, 2.05) is 73.5 Å². The summed E-state index contributed by atoms with van der Waals surface area (Å²) in [5, 5.41) is 0. The first-order valence-electron chi connectivity index (χ1n) is 22.2. The third kappa shape index (κ3) is 10.1. The van der Waals surface area contributed by atoms with Crippen molar-refractivity contribution in [1.82, 2.24) is 4.90 Å². The van der Waals surface area contributed by atoms with Crippen LogP contribution in [0.15, 0.2) is 41.7 Å². The topological polar surface area (TPSA) is 167 Å². The number of likely N-dealkylation sites (N-methyl/N-ethyl adjacent to an activating group) is 1. The number of ether oxygens (including phenoxy) is 9. The van der Waals surface area contributed by atoms with Crippen molar-refractivity contribution in [3.63, 3.8) is 0 Å². The van der Waals surface area contributed by atoms with Gasteiger partial charge in [-0.3, -0.25) is 13.8 Å². The van der Waals surface area contributed by atoms with Crippen molar-refractivity contribution in [2.24, 2.45) is 17.8 Å². The minimum Gasteiger partial charge on any atom is -0.488 e. The van der Waals surface area contributed by atoms with Crippen LogP contribution in [0.1, 0.15) is 107 Å². The molecule has 6 rings (SSSR count). The monoisotopic (exact) mass is 893 g/mol. The number of fused-ring (bicyclic) bond motifs is 2. The highest BCUT2D eigenvalue weighted by molar-refractivity contribution is 7.85. The summed E-state index contributed by atoms with van der Waals surface area (Å²) in [5.41, 5.74) is -1.39. The molecule has 0 amide bonds. The summed E-state index contributed by atoms with van der Waals surface area (Å²) in [6.07, 6.45) is -5.54. The maximum absolute atomic E-state index is 14.7. The fourth-order valence-electron chi connectivity index (χ4n) is 10.6. The van der Waals surface area contributed by atoms with Gasteiger partial charge in [-0.25, -0.2) is 0 Å². The molecule has 17 atom stereocenters. The lowest BCUT2D eigenvalue weighted by atomic mass is 9.79. The number of cyclic esters (lactones) is 1. The van der Waals surface area contributed by atoms with Crippen molar-refractivity contribution in [2.45, 2.75) is 192 Å². The fourth-order valence-corrected chi connectivity index (χ4v) is 11.9. The molecule has 1 aromatic rings. The van der Waals surface area contributed by atoms with Gasteiger partial charge in [0, 0.05) is 32.8 Å². The Morgan fingerprint density at radius 3 is 2.23 bits per heavy atom. The van der Waals surface area contributed by atoms with Crippen LogP contribution >= 0.6 is 0 Å². The van der Waals surface area contributed by atoms with Crippen LogP contribution in [0, 0.1) is 17.8 Å². The number of nitrogens with zero attached hydrogens (tertiary/aromatic N) is 1. The van der Waals surface area contributed by atoms with E-state index in [2.05, 4.69) is 0 Å². The molecule has 350 valence electrons. The number of benzene rings is 1. The van der Waals surface area contributed by atoms with E-state index in [-0.39, 0.29) is 36.3 Å². The Morgan fingerprint density at radius 2 is 1.63 bits per heavy atom. The lowest BCUT2D eigenvalue weighted by Crippen LogP contribution is -2.61. The third-order valence-electron chi connectivity index (χ3n) is 13.9. The van der Waals surface area contributed by atoms with Crippen LogP contribution in [0.2, 0.25) is 0 Å². The van der Waals surface area contributed by atoms with E-state index in [0.29, 0.717) is 24.2 Å². The average molecular weight is 894 g/mol. The van der Waals surface area contributed by atoms with E-state index in [4.69, 9.17) is 46.8 Å². The zero-order valence-corrected chi connectivity index (χ0v) is 39.9. The third-order valence-corrected chi connectivity index (χ3v) is 15.1. The largest absolute Gasteiger partial charge is 0.488 e. The summed E-state index contributed by atoms with van der Waals surface area (Å²) in [6.45, 7) is 20.6. The van der Waals surface area contributed by atoms with Gasteiger partial charge in [0.2, 0.25) is 0 Å². The molecule has 1 aromatic carbocycles. The molecule has 0 N–H and O–H groups in total. The molecule has 0 aliphatic carbocycles. The Morgan fingerprint density at radius 1 is 0.952 bits per heavy atom. The van der Waals surface area contributed by atoms with Crippen molar-refractivity contribution in [2.75, 3.05) is 21.2 Å². The van der Waals surface area contributed by atoms with Crippen molar-refractivity contribution >= 4 is 22.1 Å². The summed E-state index contributed by atoms with van der Waals surface area (Å²) in [5.74, 6) is -2.47. The lowest BCUT2D eigenvalue weighted by molar-refractivity contribution is -0.315. The Bertz CT molecular complexity index is 1900. The molecule has 15 nitrogen and oxygen atoms in total. The van der Waals surface area contributed by atoms with Crippen molar-refractivity contribution in [1.29, 1.82) is 0 Å². The Kier molecular flexibility index (Phi) is 14.7. The Labute approximate surface area is 368 Å². The average Bonchev–Trinajstić information content (AvgIpc) is 3.77. The maximum atomic E-state index is 14.7. The Hall–Kier alpha value is -2.67. The van der Waals surface area contributed by atoms with E-state index in [9.17, 15) is 18.0 Å².